The Bertz CT molecular complexity index is 830. The third-order valence-electron chi connectivity index (χ3n) is 3.26. The molecular formula is C16H13ClN2OS. The third kappa shape index (κ3) is 2.91. The summed E-state index contributed by atoms with van der Waals surface area (Å²) in [5, 5.41) is 1.45. The summed E-state index contributed by atoms with van der Waals surface area (Å²) in [6.07, 6.45) is 1.74. The lowest BCUT2D eigenvalue weighted by Gasteiger charge is -2.07. The smallest absolute Gasteiger partial charge is 0.0705 e. The van der Waals surface area contributed by atoms with Crippen LogP contribution in [0.1, 0.15) is 5.56 Å². The van der Waals surface area contributed by atoms with Crippen molar-refractivity contribution in [1.29, 1.82) is 0 Å². The SMILES string of the molecule is Nc1ccc(S(=O)Cc2ccnc3ccccc23)cc1Cl. The molecule has 21 heavy (non-hydrogen) atoms. The standard InChI is InChI=1S/C16H13ClN2OS/c17-14-9-12(5-6-15(14)18)21(20)10-11-7-8-19-16-4-2-1-3-13(11)16/h1-9H,10,18H2. The van der Waals surface area contributed by atoms with Crippen LogP contribution in [0.2, 0.25) is 5.02 Å². The van der Waals surface area contributed by atoms with Crippen LogP contribution in [0, 0.1) is 0 Å². The zero-order valence-corrected chi connectivity index (χ0v) is 12.7. The van der Waals surface area contributed by atoms with Gasteiger partial charge in [-0.3, -0.25) is 9.19 Å². The monoisotopic (exact) mass is 316 g/mol. The highest BCUT2D eigenvalue weighted by Gasteiger charge is 2.10. The lowest BCUT2D eigenvalue weighted by Crippen LogP contribution is -1.99. The first kappa shape index (κ1) is 14.0. The van der Waals surface area contributed by atoms with Crippen LogP contribution in [0.25, 0.3) is 10.9 Å². The van der Waals surface area contributed by atoms with Crippen molar-refractivity contribution in [3.8, 4) is 0 Å². The van der Waals surface area contributed by atoms with Crippen LogP contribution in [-0.4, -0.2) is 9.19 Å². The first-order valence-corrected chi connectivity index (χ1v) is 8.11. The average molecular weight is 317 g/mol. The van der Waals surface area contributed by atoms with Gasteiger partial charge >= 0.3 is 0 Å². The van der Waals surface area contributed by atoms with Crippen LogP contribution < -0.4 is 5.73 Å². The van der Waals surface area contributed by atoms with Gasteiger partial charge in [0.1, 0.15) is 0 Å². The number of halogens is 1. The zero-order chi connectivity index (χ0) is 14.8. The number of hydrogen-bond acceptors (Lipinski definition) is 3. The second-order valence-corrected chi connectivity index (χ2v) is 6.52. The molecule has 0 aliphatic carbocycles. The number of fused-ring (bicyclic) bond motifs is 1. The highest BCUT2D eigenvalue weighted by molar-refractivity contribution is 7.84. The second kappa shape index (κ2) is 5.84. The number of aromatic nitrogens is 1. The number of benzene rings is 2. The van der Waals surface area contributed by atoms with Gasteiger partial charge in [-0.2, -0.15) is 0 Å². The predicted molar refractivity (Wildman–Crippen MR) is 87.7 cm³/mol. The molecule has 2 aromatic carbocycles. The summed E-state index contributed by atoms with van der Waals surface area (Å²) in [6.45, 7) is 0. The molecule has 0 bridgehead atoms. The van der Waals surface area contributed by atoms with Gasteiger partial charge in [0, 0.05) is 16.5 Å². The molecule has 1 aromatic heterocycles. The molecule has 0 saturated heterocycles. The summed E-state index contributed by atoms with van der Waals surface area (Å²) in [5.74, 6) is 0.420. The summed E-state index contributed by atoms with van der Waals surface area (Å²) < 4.78 is 12.5. The molecule has 1 atom stereocenters. The normalized spacial score (nSPS) is 12.4. The number of nitrogens with zero attached hydrogens (tertiary/aromatic N) is 1. The van der Waals surface area contributed by atoms with Gasteiger partial charge in [0.25, 0.3) is 0 Å². The van der Waals surface area contributed by atoms with Gasteiger partial charge in [0.05, 0.1) is 32.8 Å². The van der Waals surface area contributed by atoms with E-state index in [0.717, 1.165) is 16.5 Å². The second-order valence-electron chi connectivity index (χ2n) is 4.66. The molecule has 0 radical (unpaired) electrons. The van der Waals surface area contributed by atoms with Crippen molar-refractivity contribution in [2.24, 2.45) is 0 Å². The molecule has 3 nitrogen and oxygen atoms in total. The molecule has 0 aliphatic heterocycles. The highest BCUT2D eigenvalue weighted by Crippen LogP contribution is 2.24. The Morgan fingerprint density at radius 2 is 1.95 bits per heavy atom. The van der Waals surface area contributed by atoms with Crippen molar-refractivity contribution in [2.45, 2.75) is 10.6 Å². The number of rotatable bonds is 3. The van der Waals surface area contributed by atoms with Gasteiger partial charge in [0.2, 0.25) is 0 Å². The maximum Gasteiger partial charge on any atom is 0.0705 e. The lowest BCUT2D eigenvalue weighted by atomic mass is 10.1. The van der Waals surface area contributed by atoms with Gasteiger partial charge in [-0.1, -0.05) is 29.8 Å². The van der Waals surface area contributed by atoms with E-state index in [4.69, 9.17) is 17.3 Å². The quantitative estimate of drug-likeness (QED) is 0.748. The van der Waals surface area contributed by atoms with E-state index in [1.807, 2.05) is 30.3 Å². The molecule has 1 unspecified atom stereocenters. The summed E-state index contributed by atoms with van der Waals surface area (Å²) in [4.78, 5) is 4.99. The van der Waals surface area contributed by atoms with Crippen molar-refractivity contribution in [1.82, 2.24) is 4.98 Å². The van der Waals surface area contributed by atoms with Crippen LogP contribution in [-0.2, 0) is 16.6 Å². The molecule has 0 fully saturated rings. The van der Waals surface area contributed by atoms with Gasteiger partial charge in [0.15, 0.2) is 0 Å². The Labute approximate surface area is 130 Å². The van der Waals surface area contributed by atoms with E-state index < -0.39 is 10.8 Å². The van der Waals surface area contributed by atoms with E-state index in [-0.39, 0.29) is 0 Å². The summed E-state index contributed by atoms with van der Waals surface area (Å²) >= 11 is 5.99. The van der Waals surface area contributed by atoms with Crippen molar-refractivity contribution >= 4 is 39.0 Å². The van der Waals surface area contributed by atoms with E-state index in [9.17, 15) is 4.21 Å². The summed E-state index contributed by atoms with van der Waals surface area (Å²) in [7, 11) is -1.18. The molecule has 5 heteroatoms. The fraction of sp³-hybridized carbons (Fsp3) is 0.0625. The largest absolute Gasteiger partial charge is 0.398 e. The number of anilines is 1. The Morgan fingerprint density at radius 1 is 1.14 bits per heavy atom. The van der Waals surface area contributed by atoms with Crippen LogP contribution in [0.3, 0.4) is 0 Å². The number of nitrogen functional groups attached to an aromatic ring is 1. The van der Waals surface area contributed by atoms with Crippen LogP contribution >= 0.6 is 11.6 Å². The van der Waals surface area contributed by atoms with E-state index in [1.54, 1.807) is 24.4 Å². The highest BCUT2D eigenvalue weighted by atomic mass is 35.5. The Hall–Kier alpha value is -1.91. The maximum atomic E-state index is 12.5. The summed E-state index contributed by atoms with van der Waals surface area (Å²) in [6, 6.07) is 14.8. The Balaban J connectivity index is 1.94. The molecule has 0 amide bonds. The van der Waals surface area contributed by atoms with E-state index in [1.165, 1.54) is 0 Å². The van der Waals surface area contributed by atoms with Gasteiger partial charge in [-0.25, -0.2) is 0 Å². The molecule has 3 rings (SSSR count). The van der Waals surface area contributed by atoms with Crippen molar-refractivity contribution in [2.75, 3.05) is 5.73 Å². The van der Waals surface area contributed by atoms with Crippen molar-refractivity contribution in [3.63, 3.8) is 0 Å². The summed E-state index contributed by atoms with van der Waals surface area (Å²) in [5.41, 5.74) is 8.08. The van der Waals surface area contributed by atoms with Crippen molar-refractivity contribution in [3.05, 3.63) is 65.3 Å². The van der Waals surface area contributed by atoms with Gasteiger partial charge < -0.3 is 5.73 Å². The van der Waals surface area contributed by atoms with Crippen molar-refractivity contribution < 1.29 is 4.21 Å². The minimum atomic E-state index is -1.18. The molecule has 1 heterocycles. The van der Waals surface area contributed by atoms with Crippen LogP contribution in [0.4, 0.5) is 5.69 Å². The average Bonchev–Trinajstić information content (AvgIpc) is 2.50. The fourth-order valence-corrected chi connectivity index (χ4v) is 3.57. The molecule has 3 aromatic rings. The van der Waals surface area contributed by atoms with E-state index in [0.29, 0.717) is 21.4 Å². The molecule has 0 saturated carbocycles. The third-order valence-corrected chi connectivity index (χ3v) is 4.94. The zero-order valence-electron chi connectivity index (χ0n) is 11.1. The van der Waals surface area contributed by atoms with Crippen LogP contribution in [0.5, 0.6) is 0 Å². The topological polar surface area (TPSA) is 56.0 Å². The van der Waals surface area contributed by atoms with Gasteiger partial charge in [-0.05, 0) is 35.9 Å². The Morgan fingerprint density at radius 3 is 2.76 bits per heavy atom. The minimum absolute atomic E-state index is 0.420. The van der Waals surface area contributed by atoms with Gasteiger partial charge in [-0.15, -0.1) is 0 Å². The van der Waals surface area contributed by atoms with E-state index >= 15 is 0 Å². The predicted octanol–water partition coefficient (Wildman–Crippen LogP) is 3.78. The minimum Gasteiger partial charge on any atom is -0.398 e. The molecular weight excluding hydrogens is 304 g/mol. The van der Waals surface area contributed by atoms with E-state index in [2.05, 4.69) is 4.98 Å². The molecule has 2 N–H and O–H groups in total. The number of para-hydroxylation sites is 1. The number of hydrogen-bond donors (Lipinski definition) is 1. The number of nitrogens with two attached hydrogens (primary N) is 1. The number of pyridine rings is 1. The maximum absolute atomic E-state index is 12.5. The Kier molecular flexibility index (Phi) is 3.90. The fourth-order valence-electron chi connectivity index (χ4n) is 2.15. The lowest BCUT2D eigenvalue weighted by molar-refractivity contribution is 0.683. The molecule has 106 valence electrons. The first-order valence-electron chi connectivity index (χ1n) is 6.41. The molecule has 0 aliphatic rings. The van der Waals surface area contributed by atoms with Crippen LogP contribution in [0.15, 0.2) is 59.6 Å². The first-order chi connectivity index (χ1) is 10.1. The molecule has 0 spiro atoms.